The largest absolute Gasteiger partial charge is 0.481 e. The van der Waals surface area contributed by atoms with Crippen molar-refractivity contribution in [3.8, 4) is 0 Å². The zero-order valence-corrected chi connectivity index (χ0v) is 11.8. The summed E-state index contributed by atoms with van der Waals surface area (Å²) in [6.07, 6.45) is 1.70. The van der Waals surface area contributed by atoms with Gasteiger partial charge in [0.25, 0.3) is 0 Å². The van der Waals surface area contributed by atoms with Crippen LogP contribution in [0.2, 0.25) is 0 Å². The van der Waals surface area contributed by atoms with Crippen molar-refractivity contribution in [2.45, 2.75) is 32.2 Å². The number of nitrogens with zero attached hydrogens (tertiary/aromatic N) is 1. The van der Waals surface area contributed by atoms with Crippen LogP contribution in [-0.2, 0) is 20.8 Å². The molecule has 2 rings (SSSR count). The van der Waals surface area contributed by atoms with Crippen LogP contribution in [0.25, 0.3) is 0 Å². The number of carboxylic acid groups (broad SMARTS) is 1. The van der Waals surface area contributed by atoms with Crippen molar-refractivity contribution >= 4 is 23.5 Å². The van der Waals surface area contributed by atoms with Crippen molar-refractivity contribution in [3.05, 3.63) is 29.8 Å². The summed E-state index contributed by atoms with van der Waals surface area (Å²) in [7, 11) is 0. The van der Waals surface area contributed by atoms with Crippen molar-refractivity contribution in [2.75, 3.05) is 11.9 Å². The fraction of sp³-hybridized carbons (Fsp3) is 0.400. The van der Waals surface area contributed by atoms with Crippen molar-refractivity contribution in [1.29, 1.82) is 0 Å². The highest BCUT2D eigenvalue weighted by Gasteiger charge is 2.29. The number of carboxylic acids is 1. The number of amides is 2. The first-order valence-electron chi connectivity index (χ1n) is 6.90. The minimum atomic E-state index is -0.944. The van der Waals surface area contributed by atoms with E-state index in [0.717, 1.165) is 12.8 Å². The van der Waals surface area contributed by atoms with Gasteiger partial charge in [-0.05, 0) is 37.5 Å². The summed E-state index contributed by atoms with van der Waals surface area (Å²) in [6.45, 7) is 2.53. The van der Waals surface area contributed by atoms with Crippen molar-refractivity contribution in [1.82, 2.24) is 4.90 Å². The first-order chi connectivity index (χ1) is 9.97. The van der Waals surface area contributed by atoms with Gasteiger partial charge >= 0.3 is 17.8 Å². The summed E-state index contributed by atoms with van der Waals surface area (Å²) in [5.74, 6) is -2.17. The summed E-state index contributed by atoms with van der Waals surface area (Å²) < 4.78 is 0. The fourth-order valence-corrected chi connectivity index (χ4v) is 2.48. The minimum absolute atomic E-state index is 0.0848. The highest BCUT2D eigenvalue weighted by Crippen LogP contribution is 2.17. The second-order valence-electron chi connectivity index (χ2n) is 5.21. The van der Waals surface area contributed by atoms with Crippen LogP contribution < -0.4 is 5.32 Å². The second-order valence-corrected chi connectivity index (χ2v) is 5.21. The number of hydrogen-bond donors (Lipinski definition) is 2. The Morgan fingerprint density at radius 3 is 2.76 bits per heavy atom. The summed E-state index contributed by atoms with van der Waals surface area (Å²) in [6, 6.07) is 6.59. The van der Waals surface area contributed by atoms with Crippen LogP contribution in [0.3, 0.4) is 0 Å². The van der Waals surface area contributed by atoms with Gasteiger partial charge in [0.05, 0.1) is 6.42 Å². The Bertz CT molecular complexity index is 571. The van der Waals surface area contributed by atoms with Crippen molar-refractivity contribution in [2.24, 2.45) is 0 Å². The topological polar surface area (TPSA) is 86.7 Å². The lowest BCUT2D eigenvalue weighted by Crippen LogP contribution is -2.41. The standard InChI is InChI=1S/C15H18N2O4/c1-10-4-3-7-17(10)15(21)14(20)16-12-6-2-5-11(8-12)9-13(18)19/h2,5-6,8,10H,3-4,7,9H2,1H3,(H,16,20)(H,18,19). The van der Waals surface area contributed by atoms with Gasteiger partial charge in [0.1, 0.15) is 0 Å². The van der Waals surface area contributed by atoms with Crippen LogP contribution >= 0.6 is 0 Å². The quantitative estimate of drug-likeness (QED) is 0.821. The third-order valence-corrected chi connectivity index (χ3v) is 3.55. The highest BCUT2D eigenvalue weighted by atomic mass is 16.4. The van der Waals surface area contributed by atoms with Gasteiger partial charge in [-0.2, -0.15) is 0 Å². The third-order valence-electron chi connectivity index (χ3n) is 3.55. The van der Waals surface area contributed by atoms with Crippen molar-refractivity contribution in [3.63, 3.8) is 0 Å². The van der Waals surface area contributed by atoms with Gasteiger partial charge in [-0.15, -0.1) is 0 Å². The predicted octanol–water partition coefficient (Wildman–Crippen LogP) is 1.26. The van der Waals surface area contributed by atoms with E-state index in [4.69, 9.17) is 5.11 Å². The van der Waals surface area contributed by atoms with E-state index in [1.165, 1.54) is 0 Å². The zero-order chi connectivity index (χ0) is 15.4. The first-order valence-corrected chi connectivity index (χ1v) is 6.90. The molecule has 21 heavy (non-hydrogen) atoms. The Kier molecular flexibility index (Phi) is 4.57. The summed E-state index contributed by atoms with van der Waals surface area (Å²) in [4.78, 5) is 36.2. The Morgan fingerprint density at radius 2 is 2.14 bits per heavy atom. The molecular weight excluding hydrogens is 272 g/mol. The van der Waals surface area contributed by atoms with E-state index in [1.807, 2.05) is 6.92 Å². The fourth-order valence-electron chi connectivity index (χ4n) is 2.48. The summed E-state index contributed by atoms with van der Waals surface area (Å²) in [5.41, 5.74) is 1.00. The molecule has 1 aliphatic rings. The number of carbonyl (C=O) groups excluding carboxylic acids is 2. The molecule has 1 fully saturated rings. The second kappa shape index (κ2) is 6.39. The van der Waals surface area contributed by atoms with Crippen LogP contribution in [0.5, 0.6) is 0 Å². The Balaban J connectivity index is 2.02. The number of hydrogen-bond acceptors (Lipinski definition) is 3. The molecule has 1 aliphatic heterocycles. The molecule has 0 saturated carbocycles. The van der Waals surface area contributed by atoms with E-state index in [1.54, 1.807) is 29.2 Å². The maximum Gasteiger partial charge on any atom is 0.313 e. The first kappa shape index (κ1) is 15.0. The molecule has 6 nitrogen and oxygen atoms in total. The Labute approximate surface area is 122 Å². The van der Waals surface area contributed by atoms with Gasteiger partial charge in [-0.1, -0.05) is 12.1 Å². The monoisotopic (exact) mass is 290 g/mol. The Morgan fingerprint density at radius 1 is 1.38 bits per heavy atom. The smallest absolute Gasteiger partial charge is 0.313 e. The molecule has 1 atom stereocenters. The molecule has 1 aromatic carbocycles. The molecule has 112 valence electrons. The van der Waals surface area contributed by atoms with Crippen LogP contribution in [-0.4, -0.2) is 40.4 Å². The number of likely N-dealkylation sites (tertiary alicyclic amines) is 1. The average molecular weight is 290 g/mol. The van der Waals surface area contributed by atoms with E-state index in [9.17, 15) is 14.4 Å². The number of carbonyl (C=O) groups is 3. The van der Waals surface area contributed by atoms with Crippen LogP contribution in [0.1, 0.15) is 25.3 Å². The van der Waals surface area contributed by atoms with Gasteiger partial charge in [0, 0.05) is 18.3 Å². The molecule has 1 heterocycles. The van der Waals surface area contributed by atoms with E-state index < -0.39 is 17.8 Å². The molecule has 2 amide bonds. The molecule has 0 bridgehead atoms. The molecule has 6 heteroatoms. The van der Waals surface area contributed by atoms with E-state index in [-0.39, 0.29) is 12.5 Å². The van der Waals surface area contributed by atoms with E-state index in [0.29, 0.717) is 17.8 Å². The molecule has 0 spiro atoms. The molecule has 0 aromatic heterocycles. The van der Waals surface area contributed by atoms with Gasteiger partial charge in [0.2, 0.25) is 0 Å². The SMILES string of the molecule is CC1CCCN1C(=O)C(=O)Nc1cccc(CC(=O)O)c1. The Hall–Kier alpha value is -2.37. The molecular formula is C15H18N2O4. The normalized spacial score (nSPS) is 17.6. The van der Waals surface area contributed by atoms with Crippen LogP contribution in [0.15, 0.2) is 24.3 Å². The summed E-state index contributed by atoms with van der Waals surface area (Å²) >= 11 is 0. The van der Waals surface area contributed by atoms with Crippen molar-refractivity contribution < 1.29 is 19.5 Å². The maximum atomic E-state index is 12.0. The molecule has 0 aliphatic carbocycles. The molecule has 1 aromatic rings. The molecule has 2 N–H and O–H groups in total. The van der Waals surface area contributed by atoms with Gasteiger partial charge in [-0.3, -0.25) is 14.4 Å². The predicted molar refractivity (Wildman–Crippen MR) is 76.8 cm³/mol. The lowest BCUT2D eigenvalue weighted by Gasteiger charge is -2.20. The van der Waals surface area contributed by atoms with E-state index in [2.05, 4.69) is 5.32 Å². The van der Waals surface area contributed by atoms with Gasteiger partial charge < -0.3 is 15.3 Å². The maximum absolute atomic E-state index is 12.0. The minimum Gasteiger partial charge on any atom is -0.481 e. The van der Waals surface area contributed by atoms with E-state index >= 15 is 0 Å². The summed E-state index contributed by atoms with van der Waals surface area (Å²) in [5, 5.41) is 11.3. The number of nitrogens with one attached hydrogen (secondary N) is 1. The lowest BCUT2D eigenvalue weighted by molar-refractivity contribution is -0.143. The lowest BCUT2D eigenvalue weighted by atomic mass is 10.1. The van der Waals surface area contributed by atoms with Crippen LogP contribution in [0.4, 0.5) is 5.69 Å². The molecule has 1 unspecified atom stereocenters. The third kappa shape index (κ3) is 3.81. The average Bonchev–Trinajstić information content (AvgIpc) is 2.83. The zero-order valence-electron chi connectivity index (χ0n) is 11.8. The number of aliphatic carboxylic acids is 1. The van der Waals surface area contributed by atoms with Gasteiger partial charge in [0.15, 0.2) is 0 Å². The number of benzene rings is 1. The highest BCUT2D eigenvalue weighted by molar-refractivity contribution is 6.39. The molecule has 1 saturated heterocycles. The number of rotatable bonds is 3. The van der Waals surface area contributed by atoms with Crippen LogP contribution in [0, 0.1) is 0 Å². The van der Waals surface area contributed by atoms with Gasteiger partial charge in [-0.25, -0.2) is 0 Å². The number of anilines is 1. The molecule has 0 radical (unpaired) electrons.